The van der Waals surface area contributed by atoms with Crippen LogP contribution in [-0.2, 0) is 4.79 Å². The van der Waals surface area contributed by atoms with Crippen molar-refractivity contribution in [2.45, 2.75) is 146 Å². The van der Waals surface area contributed by atoms with Crippen molar-refractivity contribution >= 4 is 33.9 Å². The van der Waals surface area contributed by atoms with Gasteiger partial charge in [0.1, 0.15) is 0 Å². The van der Waals surface area contributed by atoms with Crippen LogP contribution in [0, 0.1) is 0 Å². The van der Waals surface area contributed by atoms with Gasteiger partial charge in [0.05, 0.1) is 0 Å². The Morgan fingerprint density at radius 1 is 0.556 bits per heavy atom. The van der Waals surface area contributed by atoms with Crippen LogP contribution in [0.25, 0.3) is 0 Å². The first-order valence-corrected chi connectivity index (χ1v) is 13.8. The molecule has 0 aromatic rings. The normalized spacial score (nSPS) is 10.5. The van der Waals surface area contributed by atoms with Crippen LogP contribution in [0.4, 0.5) is 0 Å². The fourth-order valence-electron chi connectivity index (χ4n) is 3.32. The number of hydrogen-bond acceptors (Lipinski definition) is 1. The first-order chi connectivity index (χ1) is 13.2. The SMILES string of the molecule is CCCCCCCCCCCC(=O)O.CCCCCCCCCCC[CH2][Na]. The number of carboxylic acids is 1. The van der Waals surface area contributed by atoms with Gasteiger partial charge in [0.25, 0.3) is 0 Å². The molecule has 27 heavy (non-hydrogen) atoms. The molecular formula is C24H49NaO2. The van der Waals surface area contributed by atoms with E-state index in [0.29, 0.717) is 6.42 Å². The monoisotopic (exact) mass is 392 g/mol. The Hall–Kier alpha value is 0.470. The van der Waals surface area contributed by atoms with E-state index >= 15 is 0 Å². The van der Waals surface area contributed by atoms with Gasteiger partial charge in [0.15, 0.2) is 0 Å². The van der Waals surface area contributed by atoms with Crippen molar-refractivity contribution in [1.29, 1.82) is 0 Å². The van der Waals surface area contributed by atoms with Crippen LogP contribution >= 0.6 is 0 Å². The molecule has 0 spiro atoms. The quantitative estimate of drug-likeness (QED) is 0.166. The van der Waals surface area contributed by atoms with E-state index in [1.807, 2.05) is 0 Å². The average molecular weight is 393 g/mol. The van der Waals surface area contributed by atoms with E-state index in [-0.39, 0.29) is 0 Å². The van der Waals surface area contributed by atoms with Crippen LogP contribution in [0.15, 0.2) is 0 Å². The molecule has 0 fully saturated rings. The molecule has 0 aromatic carbocycles. The van der Waals surface area contributed by atoms with Crippen molar-refractivity contribution in [2.24, 2.45) is 0 Å². The van der Waals surface area contributed by atoms with Crippen LogP contribution in [0.5, 0.6) is 0 Å². The Morgan fingerprint density at radius 2 is 0.852 bits per heavy atom. The van der Waals surface area contributed by atoms with Gasteiger partial charge >= 0.3 is 109 Å². The van der Waals surface area contributed by atoms with Crippen LogP contribution < -0.4 is 0 Å². The Kier molecular flexibility index (Phi) is 31.5. The summed E-state index contributed by atoms with van der Waals surface area (Å²) < 4.78 is 1.51. The van der Waals surface area contributed by atoms with Gasteiger partial charge < -0.3 is 5.11 Å². The van der Waals surface area contributed by atoms with E-state index in [1.165, 1.54) is 141 Å². The van der Waals surface area contributed by atoms with Gasteiger partial charge in [0.2, 0.25) is 0 Å². The first-order valence-electron chi connectivity index (χ1n) is 12.4. The summed E-state index contributed by atoms with van der Waals surface area (Å²) in [5.41, 5.74) is 0. The van der Waals surface area contributed by atoms with Crippen LogP contribution in [0.1, 0.15) is 142 Å². The third-order valence-corrected chi connectivity index (χ3v) is 5.91. The minimum atomic E-state index is -0.659. The van der Waals surface area contributed by atoms with Crippen molar-refractivity contribution < 1.29 is 9.90 Å². The zero-order valence-corrected chi connectivity index (χ0v) is 21.2. The topological polar surface area (TPSA) is 37.3 Å². The molecule has 0 saturated carbocycles. The molecule has 0 aliphatic heterocycles. The predicted octanol–water partition coefficient (Wildman–Crippen LogP) is 8.49. The maximum absolute atomic E-state index is 10.2. The summed E-state index contributed by atoms with van der Waals surface area (Å²) in [6, 6.07) is 0. The van der Waals surface area contributed by atoms with Crippen molar-refractivity contribution in [3.8, 4) is 0 Å². The van der Waals surface area contributed by atoms with Gasteiger partial charge in [0, 0.05) is 6.42 Å². The summed E-state index contributed by atoms with van der Waals surface area (Å²) in [6.45, 7) is 4.51. The first kappa shape index (κ1) is 29.7. The molecule has 0 rings (SSSR count). The predicted molar refractivity (Wildman–Crippen MR) is 122 cm³/mol. The molecule has 0 atom stereocenters. The molecular weight excluding hydrogens is 343 g/mol. The summed E-state index contributed by atoms with van der Waals surface area (Å²) in [7, 11) is 0. The zero-order valence-electron chi connectivity index (χ0n) is 19.2. The van der Waals surface area contributed by atoms with Gasteiger partial charge in [-0.1, -0.05) is 58.3 Å². The van der Waals surface area contributed by atoms with Crippen LogP contribution in [0.2, 0.25) is 3.67 Å². The average Bonchev–Trinajstić information content (AvgIpc) is 2.66. The zero-order chi connectivity index (χ0) is 20.4. The third kappa shape index (κ3) is 34.4. The van der Waals surface area contributed by atoms with Gasteiger partial charge in [-0.05, 0) is 6.42 Å². The van der Waals surface area contributed by atoms with Crippen molar-refractivity contribution in [1.82, 2.24) is 0 Å². The van der Waals surface area contributed by atoms with Crippen molar-refractivity contribution in [2.75, 3.05) is 0 Å². The van der Waals surface area contributed by atoms with E-state index in [1.54, 1.807) is 0 Å². The van der Waals surface area contributed by atoms with Crippen LogP contribution in [0.3, 0.4) is 0 Å². The molecule has 0 aliphatic rings. The van der Waals surface area contributed by atoms with Gasteiger partial charge in [-0.3, -0.25) is 4.79 Å². The second-order valence-corrected chi connectivity index (χ2v) is 9.15. The van der Waals surface area contributed by atoms with E-state index in [9.17, 15) is 4.79 Å². The van der Waals surface area contributed by atoms with Gasteiger partial charge in [-0.2, -0.15) is 0 Å². The Labute approximate surface area is 189 Å². The fraction of sp³-hybridized carbons (Fsp3) is 0.958. The summed E-state index contributed by atoms with van der Waals surface area (Å²) in [5, 5.41) is 8.41. The number of hydrogen-bond donors (Lipinski definition) is 1. The molecule has 1 N–H and O–H groups in total. The third-order valence-electron chi connectivity index (χ3n) is 5.20. The second kappa shape index (κ2) is 28.7. The molecule has 0 heterocycles. The van der Waals surface area contributed by atoms with E-state index in [0.717, 1.165) is 12.8 Å². The molecule has 2 nitrogen and oxygen atoms in total. The molecule has 0 aromatic heterocycles. The standard InChI is InChI=1S/C12H24O2.C12H25.Na/c1-2-3-4-5-6-7-8-9-10-11-12(13)14;1-3-5-7-9-11-12-10-8-6-4-2;/h2-11H2,1H3,(H,13,14);1,3-12H2,2H3;. The molecule has 0 aliphatic carbocycles. The van der Waals surface area contributed by atoms with Gasteiger partial charge in [-0.25, -0.2) is 0 Å². The fourth-order valence-corrected chi connectivity index (χ4v) is 3.82. The van der Waals surface area contributed by atoms with Gasteiger partial charge in [-0.15, -0.1) is 0 Å². The van der Waals surface area contributed by atoms with Crippen molar-refractivity contribution in [3.05, 3.63) is 0 Å². The maximum atomic E-state index is 10.2. The molecule has 0 radical (unpaired) electrons. The second-order valence-electron chi connectivity index (χ2n) is 8.15. The molecule has 3 heteroatoms. The van der Waals surface area contributed by atoms with E-state index < -0.39 is 5.97 Å². The summed E-state index contributed by atoms with van der Waals surface area (Å²) in [6.07, 6.45) is 26.2. The molecule has 158 valence electrons. The molecule has 0 bridgehead atoms. The Balaban J connectivity index is 0. The van der Waals surface area contributed by atoms with Crippen molar-refractivity contribution in [3.63, 3.8) is 0 Å². The summed E-state index contributed by atoms with van der Waals surface area (Å²) >= 11 is 1.41. The van der Waals surface area contributed by atoms with E-state index in [2.05, 4.69) is 13.8 Å². The number of carbonyl (C=O) groups is 1. The number of unbranched alkanes of at least 4 members (excludes halogenated alkanes) is 17. The Bertz CT molecular complexity index is 259. The Morgan fingerprint density at radius 3 is 1.15 bits per heavy atom. The number of carboxylic acid groups (broad SMARTS) is 1. The summed E-state index contributed by atoms with van der Waals surface area (Å²) in [4.78, 5) is 10.2. The summed E-state index contributed by atoms with van der Waals surface area (Å²) in [5.74, 6) is -0.659. The van der Waals surface area contributed by atoms with Crippen LogP contribution in [-0.4, -0.2) is 39.0 Å². The number of rotatable bonds is 20. The molecule has 0 amide bonds. The molecule has 0 unspecified atom stereocenters. The van der Waals surface area contributed by atoms with E-state index in [4.69, 9.17) is 5.11 Å². The molecule has 0 saturated heterocycles. The number of aliphatic carboxylic acids is 1. The minimum absolute atomic E-state index is 0.343.